The molecule has 0 aromatic carbocycles. The van der Waals surface area contributed by atoms with E-state index < -0.39 is 0 Å². The van der Waals surface area contributed by atoms with Crippen LogP contribution in [0.2, 0.25) is 0 Å². The third kappa shape index (κ3) is 2.95. The Bertz CT molecular complexity index is 191. The number of piperazine rings is 1. The molecule has 1 saturated heterocycles. The zero-order chi connectivity index (χ0) is 10.6. The van der Waals surface area contributed by atoms with Crippen LogP contribution in [0.25, 0.3) is 0 Å². The summed E-state index contributed by atoms with van der Waals surface area (Å²) in [6, 6.07) is 0.649. The largest absolute Gasteiger partial charge is 0.339 e. The summed E-state index contributed by atoms with van der Waals surface area (Å²) in [7, 11) is 0. The van der Waals surface area contributed by atoms with Crippen molar-refractivity contribution in [2.45, 2.75) is 26.3 Å². The molecule has 0 saturated carbocycles. The standard InChI is InChI=1S/C10H19BrN2O/c1-3-9(2)12-4-6-13(7-5-12)10(14)8-11/h9H,3-8H2,1-2H3. The van der Waals surface area contributed by atoms with Gasteiger partial charge in [0.15, 0.2) is 0 Å². The molecule has 0 aromatic rings. The molecule has 1 aliphatic heterocycles. The van der Waals surface area contributed by atoms with Crippen molar-refractivity contribution in [1.29, 1.82) is 0 Å². The van der Waals surface area contributed by atoms with Crippen LogP contribution in [0.1, 0.15) is 20.3 Å². The summed E-state index contributed by atoms with van der Waals surface area (Å²) in [4.78, 5) is 15.8. The van der Waals surface area contributed by atoms with E-state index in [1.165, 1.54) is 6.42 Å². The summed E-state index contributed by atoms with van der Waals surface area (Å²) in [6.07, 6.45) is 1.19. The van der Waals surface area contributed by atoms with Crippen LogP contribution >= 0.6 is 15.9 Å². The van der Waals surface area contributed by atoms with Crippen molar-refractivity contribution in [2.24, 2.45) is 0 Å². The first-order valence-electron chi connectivity index (χ1n) is 5.26. The van der Waals surface area contributed by atoms with Crippen LogP contribution in [0, 0.1) is 0 Å². The third-order valence-electron chi connectivity index (χ3n) is 3.00. The lowest BCUT2D eigenvalue weighted by atomic mass is 10.2. The summed E-state index contributed by atoms with van der Waals surface area (Å²) in [5.74, 6) is 0.216. The first kappa shape index (κ1) is 12.0. The molecule has 1 amide bonds. The fourth-order valence-corrected chi connectivity index (χ4v) is 2.11. The topological polar surface area (TPSA) is 23.6 Å². The Hall–Kier alpha value is -0.0900. The lowest BCUT2D eigenvalue weighted by molar-refractivity contribution is -0.130. The Kier molecular flexibility index (Phi) is 4.89. The van der Waals surface area contributed by atoms with Gasteiger partial charge in [0.05, 0.1) is 5.33 Å². The van der Waals surface area contributed by atoms with Gasteiger partial charge in [-0.3, -0.25) is 9.69 Å². The lowest BCUT2D eigenvalue weighted by Crippen LogP contribution is -2.51. The van der Waals surface area contributed by atoms with E-state index in [1.54, 1.807) is 0 Å². The van der Waals surface area contributed by atoms with Gasteiger partial charge in [0.2, 0.25) is 5.91 Å². The van der Waals surface area contributed by atoms with E-state index in [0.29, 0.717) is 11.4 Å². The van der Waals surface area contributed by atoms with Crippen molar-refractivity contribution >= 4 is 21.8 Å². The normalized spacial score (nSPS) is 20.9. The minimum Gasteiger partial charge on any atom is -0.339 e. The molecule has 82 valence electrons. The van der Waals surface area contributed by atoms with Gasteiger partial charge in [-0.25, -0.2) is 0 Å². The summed E-state index contributed by atoms with van der Waals surface area (Å²) in [5.41, 5.74) is 0. The highest BCUT2D eigenvalue weighted by Crippen LogP contribution is 2.09. The van der Waals surface area contributed by atoms with E-state index in [1.807, 2.05) is 4.90 Å². The van der Waals surface area contributed by atoms with Crippen LogP contribution in [-0.4, -0.2) is 53.3 Å². The maximum Gasteiger partial charge on any atom is 0.233 e. The highest BCUT2D eigenvalue weighted by atomic mass is 79.9. The molecule has 1 heterocycles. The number of hydrogen-bond acceptors (Lipinski definition) is 2. The Labute approximate surface area is 94.6 Å². The second-order valence-electron chi connectivity index (χ2n) is 3.81. The van der Waals surface area contributed by atoms with Gasteiger partial charge in [-0.05, 0) is 13.3 Å². The van der Waals surface area contributed by atoms with E-state index in [9.17, 15) is 4.79 Å². The first-order valence-corrected chi connectivity index (χ1v) is 6.39. The van der Waals surface area contributed by atoms with Crippen LogP contribution in [-0.2, 0) is 4.79 Å². The van der Waals surface area contributed by atoms with Crippen molar-refractivity contribution in [3.63, 3.8) is 0 Å². The summed E-state index contributed by atoms with van der Waals surface area (Å²) < 4.78 is 0. The Morgan fingerprint density at radius 1 is 1.36 bits per heavy atom. The maximum atomic E-state index is 11.4. The highest BCUT2D eigenvalue weighted by molar-refractivity contribution is 9.09. The van der Waals surface area contributed by atoms with Gasteiger partial charge in [-0.1, -0.05) is 22.9 Å². The van der Waals surface area contributed by atoms with Crippen molar-refractivity contribution in [3.8, 4) is 0 Å². The Morgan fingerprint density at radius 2 is 1.93 bits per heavy atom. The molecule has 3 nitrogen and oxygen atoms in total. The Balaban J connectivity index is 2.34. The minimum absolute atomic E-state index is 0.216. The smallest absolute Gasteiger partial charge is 0.233 e. The van der Waals surface area contributed by atoms with E-state index in [0.717, 1.165) is 26.2 Å². The number of halogens is 1. The second-order valence-corrected chi connectivity index (χ2v) is 4.37. The van der Waals surface area contributed by atoms with Gasteiger partial charge >= 0.3 is 0 Å². The summed E-state index contributed by atoms with van der Waals surface area (Å²) in [5, 5.41) is 0.455. The highest BCUT2D eigenvalue weighted by Gasteiger charge is 2.22. The molecule has 1 atom stereocenters. The molecule has 0 N–H and O–H groups in total. The number of rotatable bonds is 3. The van der Waals surface area contributed by atoms with E-state index in [2.05, 4.69) is 34.7 Å². The molecule has 0 radical (unpaired) electrons. The lowest BCUT2D eigenvalue weighted by Gasteiger charge is -2.37. The molecule has 1 unspecified atom stereocenters. The number of nitrogens with zero attached hydrogens (tertiary/aromatic N) is 2. The monoisotopic (exact) mass is 262 g/mol. The molecule has 0 aromatic heterocycles. The molecule has 14 heavy (non-hydrogen) atoms. The van der Waals surface area contributed by atoms with E-state index in [4.69, 9.17) is 0 Å². The zero-order valence-electron chi connectivity index (χ0n) is 9.00. The van der Waals surface area contributed by atoms with Gasteiger partial charge in [0, 0.05) is 32.2 Å². The minimum atomic E-state index is 0.216. The molecule has 0 aliphatic carbocycles. The second kappa shape index (κ2) is 5.71. The summed E-state index contributed by atoms with van der Waals surface area (Å²) >= 11 is 3.20. The van der Waals surface area contributed by atoms with Gasteiger partial charge in [-0.2, -0.15) is 0 Å². The van der Waals surface area contributed by atoms with Crippen LogP contribution in [0.15, 0.2) is 0 Å². The van der Waals surface area contributed by atoms with E-state index >= 15 is 0 Å². The van der Waals surface area contributed by atoms with Crippen LogP contribution in [0.4, 0.5) is 0 Å². The van der Waals surface area contributed by atoms with Crippen LogP contribution in [0.5, 0.6) is 0 Å². The van der Waals surface area contributed by atoms with Crippen molar-refractivity contribution < 1.29 is 4.79 Å². The van der Waals surface area contributed by atoms with Gasteiger partial charge < -0.3 is 4.90 Å². The average Bonchev–Trinajstić information content (AvgIpc) is 2.27. The maximum absolute atomic E-state index is 11.4. The predicted octanol–water partition coefficient (Wildman–Crippen LogP) is 1.32. The quantitative estimate of drug-likeness (QED) is 0.717. The Morgan fingerprint density at radius 3 is 2.36 bits per heavy atom. The van der Waals surface area contributed by atoms with Crippen LogP contribution < -0.4 is 0 Å². The molecule has 1 fully saturated rings. The van der Waals surface area contributed by atoms with Crippen molar-refractivity contribution in [3.05, 3.63) is 0 Å². The summed E-state index contributed by atoms with van der Waals surface area (Å²) in [6.45, 7) is 8.27. The number of alkyl halides is 1. The van der Waals surface area contributed by atoms with Crippen molar-refractivity contribution in [2.75, 3.05) is 31.5 Å². The van der Waals surface area contributed by atoms with Gasteiger partial charge in [0.25, 0.3) is 0 Å². The number of hydrogen-bond donors (Lipinski definition) is 0. The molecular formula is C10H19BrN2O. The molecule has 1 rings (SSSR count). The van der Waals surface area contributed by atoms with Crippen molar-refractivity contribution in [1.82, 2.24) is 9.80 Å². The molecule has 0 bridgehead atoms. The third-order valence-corrected chi connectivity index (χ3v) is 3.48. The number of carbonyl (C=O) groups excluding carboxylic acids is 1. The number of carbonyl (C=O) groups is 1. The first-order chi connectivity index (χ1) is 6.69. The molecular weight excluding hydrogens is 244 g/mol. The molecule has 4 heteroatoms. The van der Waals surface area contributed by atoms with Gasteiger partial charge in [-0.15, -0.1) is 0 Å². The number of amides is 1. The predicted molar refractivity (Wildman–Crippen MR) is 61.7 cm³/mol. The fraction of sp³-hybridized carbons (Fsp3) is 0.900. The van der Waals surface area contributed by atoms with Gasteiger partial charge in [0.1, 0.15) is 0 Å². The molecule has 0 spiro atoms. The fourth-order valence-electron chi connectivity index (χ4n) is 1.75. The zero-order valence-corrected chi connectivity index (χ0v) is 10.6. The van der Waals surface area contributed by atoms with Crippen LogP contribution in [0.3, 0.4) is 0 Å². The molecule has 1 aliphatic rings. The average molecular weight is 263 g/mol. The SMILES string of the molecule is CCC(C)N1CCN(C(=O)CBr)CC1. The van der Waals surface area contributed by atoms with E-state index in [-0.39, 0.29) is 5.91 Å².